The van der Waals surface area contributed by atoms with Gasteiger partial charge >= 0.3 is 6.18 Å². The fraction of sp³-hybridized carbons (Fsp3) is 0.391. The smallest absolute Gasteiger partial charge is 0.417 e. The van der Waals surface area contributed by atoms with Gasteiger partial charge in [-0.15, -0.1) is 0 Å². The molecule has 2 aliphatic heterocycles. The van der Waals surface area contributed by atoms with Crippen molar-refractivity contribution in [2.24, 2.45) is 21.6 Å². The molecule has 0 aromatic heterocycles. The van der Waals surface area contributed by atoms with Crippen molar-refractivity contribution in [3.05, 3.63) is 40.9 Å². The molecule has 0 atom stereocenters. The monoisotopic (exact) mass is 543 g/mol. The molecule has 0 aliphatic carbocycles. The van der Waals surface area contributed by atoms with Gasteiger partial charge in [-0.2, -0.15) is 18.2 Å². The number of rotatable bonds is 6. The quantitative estimate of drug-likeness (QED) is 0.508. The van der Waals surface area contributed by atoms with Crippen molar-refractivity contribution in [2.45, 2.75) is 23.9 Å². The summed E-state index contributed by atoms with van der Waals surface area (Å²) in [4.78, 5) is 7.73. The number of methoxy groups -OCH3 is 1. The molecule has 194 valence electrons. The second-order valence-corrected chi connectivity index (χ2v) is 11.0. The molecule has 0 amide bonds. The maximum Gasteiger partial charge on any atom is 0.417 e. The predicted molar refractivity (Wildman–Crippen MR) is 134 cm³/mol. The molecule has 4 rings (SSSR count). The fourth-order valence-electron chi connectivity index (χ4n) is 4.28. The van der Waals surface area contributed by atoms with Gasteiger partial charge in [0.25, 0.3) is 0 Å². The molecule has 2 aromatic carbocycles. The van der Waals surface area contributed by atoms with Crippen molar-refractivity contribution in [1.29, 1.82) is 0 Å². The van der Waals surface area contributed by atoms with Crippen molar-refractivity contribution >= 4 is 38.9 Å². The molecule has 1 saturated heterocycles. The largest absolute Gasteiger partial charge is 0.495 e. The second kappa shape index (κ2) is 10.3. The van der Waals surface area contributed by atoms with Crippen LogP contribution in [0, 0.1) is 5.92 Å². The van der Waals surface area contributed by atoms with Gasteiger partial charge in [-0.3, -0.25) is 0 Å². The van der Waals surface area contributed by atoms with Gasteiger partial charge in [-0.1, -0.05) is 17.7 Å². The predicted octanol–water partition coefficient (Wildman–Crippen LogP) is 3.95. The van der Waals surface area contributed by atoms with E-state index in [9.17, 15) is 21.6 Å². The number of aliphatic imine (C=N–C) groups is 2. The number of ether oxygens (including phenoxy) is 1. The number of nitrogens with one attached hydrogen (secondary N) is 2. The Balaban J connectivity index is 1.77. The first-order valence-corrected chi connectivity index (χ1v) is 13.2. The minimum atomic E-state index is -4.79. The van der Waals surface area contributed by atoms with Crippen LogP contribution in [0.15, 0.2) is 45.2 Å². The minimum absolute atomic E-state index is 0.00373. The molecular weight excluding hydrogens is 519 g/mol. The van der Waals surface area contributed by atoms with Crippen LogP contribution in [0.1, 0.15) is 18.4 Å². The van der Waals surface area contributed by atoms with Crippen LogP contribution in [-0.4, -0.2) is 52.7 Å². The van der Waals surface area contributed by atoms with E-state index in [0.717, 1.165) is 6.07 Å². The van der Waals surface area contributed by atoms with Crippen molar-refractivity contribution in [3.8, 4) is 16.9 Å². The highest BCUT2D eigenvalue weighted by molar-refractivity contribution is 7.91. The molecule has 0 saturated carbocycles. The molecule has 0 radical (unpaired) electrons. The lowest BCUT2D eigenvalue weighted by Gasteiger charge is -2.23. The number of hydrogen-bond donors (Lipinski definition) is 3. The Kier molecular flexibility index (Phi) is 7.48. The first kappa shape index (κ1) is 26.2. The van der Waals surface area contributed by atoms with Crippen LogP contribution in [0.3, 0.4) is 0 Å². The average molecular weight is 544 g/mol. The van der Waals surface area contributed by atoms with Crippen LogP contribution in [0.25, 0.3) is 11.1 Å². The lowest BCUT2D eigenvalue weighted by molar-refractivity contribution is -0.137. The summed E-state index contributed by atoms with van der Waals surface area (Å²) in [5, 5.41) is 5.64. The molecule has 2 aromatic rings. The van der Waals surface area contributed by atoms with Crippen molar-refractivity contribution in [3.63, 3.8) is 0 Å². The third kappa shape index (κ3) is 5.76. The second-order valence-electron chi connectivity index (χ2n) is 8.59. The highest BCUT2D eigenvalue weighted by Gasteiger charge is 2.36. The summed E-state index contributed by atoms with van der Waals surface area (Å²) in [5.74, 6) is 0.181. The summed E-state index contributed by atoms with van der Waals surface area (Å²) in [6.07, 6.45) is -3.40. The van der Waals surface area contributed by atoms with Gasteiger partial charge < -0.3 is 21.1 Å². The number of benzene rings is 2. The molecule has 36 heavy (non-hydrogen) atoms. The zero-order chi connectivity index (χ0) is 26.1. The molecule has 13 heteroatoms. The molecule has 0 spiro atoms. The molecule has 1 fully saturated rings. The minimum Gasteiger partial charge on any atom is -0.495 e. The number of anilines is 1. The molecule has 0 bridgehead atoms. The van der Waals surface area contributed by atoms with Crippen LogP contribution in [0.2, 0.25) is 5.02 Å². The molecule has 2 aliphatic rings. The van der Waals surface area contributed by atoms with Gasteiger partial charge in [0, 0.05) is 11.3 Å². The Morgan fingerprint density at radius 1 is 1.22 bits per heavy atom. The normalized spacial score (nSPS) is 17.0. The van der Waals surface area contributed by atoms with Gasteiger partial charge in [0.15, 0.2) is 9.84 Å². The first-order valence-electron chi connectivity index (χ1n) is 11.1. The van der Waals surface area contributed by atoms with Gasteiger partial charge in [0.05, 0.1) is 23.4 Å². The molecule has 8 nitrogen and oxygen atoms in total. The molecular formula is C23H25ClF3N5O3S. The topological polar surface area (TPSA) is 118 Å². The van der Waals surface area contributed by atoms with E-state index in [1.165, 1.54) is 31.4 Å². The van der Waals surface area contributed by atoms with E-state index in [0.29, 0.717) is 25.9 Å². The lowest BCUT2D eigenvalue weighted by Crippen LogP contribution is -2.31. The van der Waals surface area contributed by atoms with Crippen molar-refractivity contribution < 1.29 is 26.3 Å². The Morgan fingerprint density at radius 3 is 2.56 bits per heavy atom. The molecule has 2 heterocycles. The Hall–Kier alpha value is -2.83. The fourth-order valence-corrected chi connectivity index (χ4v) is 6.51. The van der Waals surface area contributed by atoms with Crippen LogP contribution in [0.4, 0.5) is 18.9 Å². The van der Waals surface area contributed by atoms with Crippen LogP contribution in [0.5, 0.6) is 5.75 Å². The van der Waals surface area contributed by atoms with Crippen LogP contribution in [-0.2, 0) is 16.0 Å². The van der Waals surface area contributed by atoms with Gasteiger partial charge in [0.2, 0.25) is 5.96 Å². The maximum atomic E-state index is 14.1. The highest BCUT2D eigenvalue weighted by atomic mass is 35.5. The van der Waals surface area contributed by atoms with Crippen molar-refractivity contribution in [2.75, 3.05) is 37.8 Å². The van der Waals surface area contributed by atoms with E-state index < -0.39 is 21.6 Å². The number of nitrogens with two attached hydrogens (primary N) is 1. The highest BCUT2D eigenvalue weighted by Crippen LogP contribution is 2.44. The first-order chi connectivity index (χ1) is 17.0. The van der Waals surface area contributed by atoms with E-state index >= 15 is 0 Å². The van der Waals surface area contributed by atoms with E-state index in [1.807, 2.05) is 0 Å². The number of amidine groups is 1. The van der Waals surface area contributed by atoms with Gasteiger partial charge in [-0.05, 0) is 61.7 Å². The van der Waals surface area contributed by atoms with E-state index in [1.54, 1.807) is 0 Å². The third-order valence-corrected chi connectivity index (χ3v) is 8.19. The van der Waals surface area contributed by atoms with Crippen LogP contribution >= 0.6 is 11.6 Å². The number of alkyl halides is 3. The summed E-state index contributed by atoms with van der Waals surface area (Å²) >= 11 is 6.36. The SMILES string of the molecule is COc1ccc(-c2c(Cl)cc(NC3=NCC(N)=N3)cc2C(F)(F)F)cc1S(=O)(=O)CC1CCNCC1. The lowest BCUT2D eigenvalue weighted by atomic mass is 9.98. The number of guanidine groups is 1. The number of piperidine rings is 1. The molecule has 4 N–H and O–H groups in total. The Labute approximate surface area is 211 Å². The average Bonchev–Trinajstić information content (AvgIpc) is 3.22. The Bertz CT molecular complexity index is 1320. The number of sulfone groups is 1. The van der Waals surface area contributed by atoms with E-state index in [4.69, 9.17) is 22.1 Å². The van der Waals surface area contributed by atoms with Gasteiger partial charge in [-0.25, -0.2) is 13.4 Å². The zero-order valence-electron chi connectivity index (χ0n) is 19.3. The number of halogens is 4. The summed E-state index contributed by atoms with van der Waals surface area (Å²) in [6, 6.07) is 6.08. The van der Waals surface area contributed by atoms with Crippen molar-refractivity contribution in [1.82, 2.24) is 5.32 Å². The maximum absolute atomic E-state index is 14.1. The molecule has 0 unspecified atom stereocenters. The summed E-state index contributed by atoms with van der Waals surface area (Å²) < 4.78 is 74.3. The standard InChI is InChI=1S/C23H25ClF3N5O3S/c1-35-18-3-2-14(8-19(18)36(33,34)12-13-4-6-29-7-5-13)21-16(23(25,26)27)9-15(10-17(21)24)31-22-30-11-20(28)32-22/h2-3,8-10,13,29H,4-7,11-12H2,1H3,(H3,28,30,31,32). The number of nitrogens with zero attached hydrogens (tertiary/aromatic N) is 2. The third-order valence-electron chi connectivity index (χ3n) is 5.99. The summed E-state index contributed by atoms with van der Waals surface area (Å²) in [5.41, 5.74) is 4.20. The number of hydrogen-bond acceptors (Lipinski definition) is 8. The Morgan fingerprint density at radius 2 is 1.94 bits per heavy atom. The van der Waals surface area contributed by atoms with Crippen LogP contribution < -0.4 is 21.1 Å². The summed E-state index contributed by atoms with van der Waals surface area (Å²) in [6.45, 7) is 1.57. The zero-order valence-corrected chi connectivity index (χ0v) is 20.9. The van der Waals surface area contributed by atoms with E-state index in [-0.39, 0.29) is 62.5 Å². The van der Waals surface area contributed by atoms with Gasteiger partial charge in [0.1, 0.15) is 23.0 Å². The van der Waals surface area contributed by atoms with E-state index in [2.05, 4.69) is 20.6 Å². The summed E-state index contributed by atoms with van der Waals surface area (Å²) in [7, 11) is -2.54.